The van der Waals surface area contributed by atoms with Gasteiger partial charge in [-0.15, -0.1) is 0 Å². The first-order chi connectivity index (χ1) is 9.95. The van der Waals surface area contributed by atoms with Gasteiger partial charge in [0.1, 0.15) is 0 Å². The average molecular weight is 311 g/mol. The molecule has 2 rings (SSSR count). The quantitative estimate of drug-likeness (QED) is 0.873. The van der Waals surface area contributed by atoms with Gasteiger partial charge >= 0.3 is 0 Å². The standard InChI is InChI=1S/C16H25NO3S/c1-12-7-9-14(10-8-12)21(19,20)16-6-4-3-5-15(16)17-13(2)11-18/h7-10,13,15-18H,3-6,11H2,1-2H3/t13-,15?,16?/m0/s1. The van der Waals surface area contributed by atoms with Crippen LogP contribution in [-0.2, 0) is 9.84 Å². The number of rotatable bonds is 5. The maximum atomic E-state index is 12.9. The van der Waals surface area contributed by atoms with Crippen LogP contribution in [0.5, 0.6) is 0 Å². The Morgan fingerprint density at radius 2 is 1.86 bits per heavy atom. The molecule has 0 bridgehead atoms. The Kier molecular flexibility index (Phi) is 5.41. The van der Waals surface area contributed by atoms with Gasteiger partial charge in [0.2, 0.25) is 0 Å². The first-order valence-electron chi connectivity index (χ1n) is 7.62. The zero-order valence-corrected chi connectivity index (χ0v) is 13.6. The molecule has 1 aliphatic rings. The SMILES string of the molecule is Cc1ccc(S(=O)(=O)C2CCCCC2N[C@@H](C)CO)cc1. The number of sulfone groups is 1. The lowest BCUT2D eigenvalue weighted by molar-refractivity contribution is 0.228. The third-order valence-corrected chi connectivity index (χ3v) is 6.51. The van der Waals surface area contributed by atoms with Gasteiger partial charge in [-0.05, 0) is 38.8 Å². The summed E-state index contributed by atoms with van der Waals surface area (Å²) in [6.45, 7) is 3.85. The molecule has 1 saturated carbocycles. The van der Waals surface area contributed by atoms with Crippen LogP contribution in [0.3, 0.4) is 0 Å². The van der Waals surface area contributed by atoms with Gasteiger partial charge in [-0.1, -0.05) is 30.5 Å². The van der Waals surface area contributed by atoms with E-state index in [1.807, 2.05) is 26.0 Å². The molecule has 118 valence electrons. The normalized spacial score (nSPS) is 24.7. The molecule has 0 heterocycles. The van der Waals surface area contributed by atoms with Gasteiger partial charge in [0, 0.05) is 12.1 Å². The summed E-state index contributed by atoms with van der Waals surface area (Å²) in [6.07, 6.45) is 3.52. The van der Waals surface area contributed by atoms with Crippen LogP contribution in [0.25, 0.3) is 0 Å². The van der Waals surface area contributed by atoms with E-state index in [1.165, 1.54) is 0 Å². The molecule has 1 aromatic rings. The number of hydrogen-bond acceptors (Lipinski definition) is 4. The first kappa shape index (κ1) is 16.5. The fourth-order valence-electron chi connectivity index (χ4n) is 2.98. The van der Waals surface area contributed by atoms with E-state index in [4.69, 9.17) is 0 Å². The Morgan fingerprint density at radius 3 is 2.48 bits per heavy atom. The van der Waals surface area contributed by atoms with Gasteiger partial charge in [0.15, 0.2) is 9.84 Å². The van der Waals surface area contributed by atoms with E-state index in [0.717, 1.165) is 24.8 Å². The van der Waals surface area contributed by atoms with Crippen molar-refractivity contribution < 1.29 is 13.5 Å². The maximum absolute atomic E-state index is 12.9. The molecule has 0 aliphatic heterocycles. The molecule has 0 radical (unpaired) electrons. The molecular formula is C16H25NO3S. The predicted molar refractivity (Wildman–Crippen MR) is 84.1 cm³/mol. The number of aryl methyl sites for hydroxylation is 1. The Morgan fingerprint density at radius 1 is 1.24 bits per heavy atom. The molecule has 0 spiro atoms. The predicted octanol–water partition coefficient (Wildman–Crippen LogP) is 2.05. The molecule has 5 heteroatoms. The lowest BCUT2D eigenvalue weighted by Gasteiger charge is -2.33. The summed E-state index contributed by atoms with van der Waals surface area (Å²) in [7, 11) is -3.33. The van der Waals surface area contributed by atoms with Crippen molar-refractivity contribution in [2.45, 2.75) is 61.8 Å². The van der Waals surface area contributed by atoms with Crippen molar-refractivity contribution in [2.24, 2.45) is 0 Å². The van der Waals surface area contributed by atoms with Crippen molar-refractivity contribution in [3.63, 3.8) is 0 Å². The lowest BCUT2D eigenvalue weighted by atomic mass is 9.94. The summed E-state index contributed by atoms with van der Waals surface area (Å²) in [4.78, 5) is 0.406. The van der Waals surface area contributed by atoms with Gasteiger partial charge in [-0.25, -0.2) is 8.42 Å². The number of aliphatic hydroxyl groups excluding tert-OH is 1. The highest BCUT2D eigenvalue weighted by Crippen LogP contribution is 2.29. The summed E-state index contributed by atoms with van der Waals surface area (Å²) < 4.78 is 25.8. The molecule has 1 fully saturated rings. The van der Waals surface area contributed by atoms with Crippen LogP contribution < -0.4 is 5.32 Å². The van der Waals surface area contributed by atoms with Crippen molar-refractivity contribution in [3.8, 4) is 0 Å². The van der Waals surface area contributed by atoms with Crippen LogP contribution in [0.2, 0.25) is 0 Å². The monoisotopic (exact) mass is 311 g/mol. The summed E-state index contributed by atoms with van der Waals surface area (Å²) >= 11 is 0. The van der Waals surface area contributed by atoms with E-state index < -0.39 is 15.1 Å². The van der Waals surface area contributed by atoms with E-state index >= 15 is 0 Å². The highest BCUT2D eigenvalue weighted by Gasteiger charge is 2.36. The van der Waals surface area contributed by atoms with Crippen LogP contribution in [-0.4, -0.2) is 37.5 Å². The molecule has 2 unspecified atom stereocenters. The smallest absolute Gasteiger partial charge is 0.182 e. The van der Waals surface area contributed by atoms with E-state index in [2.05, 4.69) is 5.32 Å². The molecule has 2 N–H and O–H groups in total. The van der Waals surface area contributed by atoms with Crippen molar-refractivity contribution in [2.75, 3.05) is 6.61 Å². The molecule has 3 atom stereocenters. The summed E-state index contributed by atoms with van der Waals surface area (Å²) in [5.74, 6) is 0. The van der Waals surface area contributed by atoms with Crippen LogP contribution in [0.15, 0.2) is 29.2 Å². The van der Waals surface area contributed by atoms with E-state index in [0.29, 0.717) is 11.3 Å². The number of hydrogen-bond donors (Lipinski definition) is 2. The second-order valence-corrected chi connectivity index (χ2v) is 8.20. The van der Waals surface area contributed by atoms with Crippen molar-refractivity contribution >= 4 is 9.84 Å². The molecule has 0 aromatic heterocycles. The molecule has 0 saturated heterocycles. The Balaban J connectivity index is 2.25. The molecule has 4 nitrogen and oxygen atoms in total. The third-order valence-electron chi connectivity index (χ3n) is 4.22. The van der Waals surface area contributed by atoms with Crippen LogP contribution >= 0.6 is 0 Å². The third kappa shape index (κ3) is 3.84. The largest absolute Gasteiger partial charge is 0.395 e. The number of nitrogens with one attached hydrogen (secondary N) is 1. The van der Waals surface area contributed by atoms with Gasteiger partial charge in [0.25, 0.3) is 0 Å². The topological polar surface area (TPSA) is 66.4 Å². The average Bonchev–Trinajstić information content (AvgIpc) is 2.48. The zero-order valence-electron chi connectivity index (χ0n) is 12.7. The Bertz CT molecular complexity index is 553. The minimum atomic E-state index is -3.33. The van der Waals surface area contributed by atoms with Crippen LogP contribution in [0.4, 0.5) is 0 Å². The Hall–Kier alpha value is -0.910. The van der Waals surface area contributed by atoms with Gasteiger partial charge in [-0.3, -0.25) is 0 Å². The van der Waals surface area contributed by atoms with Crippen molar-refractivity contribution in [3.05, 3.63) is 29.8 Å². The lowest BCUT2D eigenvalue weighted by Crippen LogP contribution is -2.50. The van der Waals surface area contributed by atoms with E-state index in [9.17, 15) is 13.5 Å². The maximum Gasteiger partial charge on any atom is 0.182 e. The zero-order chi connectivity index (χ0) is 15.5. The molecule has 0 amide bonds. The van der Waals surface area contributed by atoms with Crippen LogP contribution in [0.1, 0.15) is 38.2 Å². The highest BCUT2D eigenvalue weighted by molar-refractivity contribution is 7.92. The van der Waals surface area contributed by atoms with Crippen molar-refractivity contribution in [1.29, 1.82) is 0 Å². The van der Waals surface area contributed by atoms with Crippen LogP contribution in [0, 0.1) is 6.92 Å². The second-order valence-electron chi connectivity index (χ2n) is 6.04. The van der Waals surface area contributed by atoms with E-state index in [1.54, 1.807) is 12.1 Å². The summed E-state index contributed by atoms with van der Waals surface area (Å²) in [6, 6.07) is 6.93. The molecule has 21 heavy (non-hydrogen) atoms. The fourth-order valence-corrected chi connectivity index (χ4v) is 4.97. The molecular weight excluding hydrogens is 286 g/mol. The van der Waals surface area contributed by atoms with Gasteiger partial charge < -0.3 is 10.4 Å². The van der Waals surface area contributed by atoms with Gasteiger partial charge in [-0.2, -0.15) is 0 Å². The van der Waals surface area contributed by atoms with Gasteiger partial charge in [0.05, 0.1) is 16.8 Å². The fraction of sp³-hybridized carbons (Fsp3) is 0.625. The van der Waals surface area contributed by atoms with E-state index in [-0.39, 0.29) is 18.7 Å². The highest BCUT2D eigenvalue weighted by atomic mass is 32.2. The number of benzene rings is 1. The minimum absolute atomic E-state index is 0.0216. The molecule has 1 aromatic carbocycles. The first-order valence-corrected chi connectivity index (χ1v) is 9.17. The minimum Gasteiger partial charge on any atom is -0.395 e. The van der Waals surface area contributed by atoms with Crippen molar-refractivity contribution in [1.82, 2.24) is 5.32 Å². The summed E-state index contributed by atoms with van der Waals surface area (Å²) in [5.41, 5.74) is 1.06. The Labute approximate surface area is 127 Å². The molecule has 1 aliphatic carbocycles. The summed E-state index contributed by atoms with van der Waals surface area (Å²) in [5, 5.41) is 12.1. The second kappa shape index (κ2) is 6.90. The number of aliphatic hydroxyl groups is 1.